The molecule has 23 heavy (non-hydrogen) atoms. The number of hydrogen-bond donors (Lipinski definition) is 1. The van der Waals surface area contributed by atoms with Crippen molar-refractivity contribution in [2.45, 2.75) is 46.6 Å². The molecule has 0 saturated carbocycles. The van der Waals surface area contributed by atoms with Crippen molar-refractivity contribution in [3.8, 4) is 0 Å². The van der Waals surface area contributed by atoms with E-state index in [1.807, 2.05) is 0 Å². The van der Waals surface area contributed by atoms with E-state index in [0.717, 1.165) is 38.4 Å². The number of aromatic carboxylic acids is 1. The van der Waals surface area contributed by atoms with Crippen molar-refractivity contribution < 1.29 is 9.90 Å². The summed E-state index contributed by atoms with van der Waals surface area (Å²) >= 11 is 0. The molecule has 0 bridgehead atoms. The molecule has 0 spiro atoms. The normalized spacial score (nSPS) is 17.3. The first-order chi connectivity index (χ1) is 10.6. The van der Waals surface area contributed by atoms with Crippen molar-refractivity contribution in [2.24, 2.45) is 5.41 Å². The Morgan fingerprint density at radius 1 is 1.09 bits per heavy atom. The van der Waals surface area contributed by atoms with Crippen LogP contribution in [0.5, 0.6) is 0 Å². The van der Waals surface area contributed by atoms with Gasteiger partial charge in [0.15, 0.2) is 5.69 Å². The maximum Gasteiger partial charge on any atom is 0.356 e. The fourth-order valence-corrected chi connectivity index (χ4v) is 3.55. The monoisotopic (exact) mass is 320 g/mol. The molecule has 0 amide bonds. The smallest absolute Gasteiger partial charge is 0.356 e. The molecular weight excluding hydrogens is 292 g/mol. The van der Waals surface area contributed by atoms with Crippen LogP contribution in [0, 0.1) is 5.41 Å². The van der Waals surface area contributed by atoms with Gasteiger partial charge in [-0.2, -0.15) is 0 Å². The Morgan fingerprint density at radius 3 is 2.13 bits per heavy atom. The van der Waals surface area contributed by atoms with Gasteiger partial charge in [-0.3, -0.25) is 4.90 Å². The van der Waals surface area contributed by atoms with Crippen LogP contribution in [0.1, 0.15) is 51.5 Å². The van der Waals surface area contributed by atoms with Gasteiger partial charge in [-0.05, 0) is 25.7 Å². The Hall–Kier alpha value is -1.69. The molecule has 6 heteroatoms. The molecule has 0 unspecified atom stereocenters. The van der Waals surface area contributed by atoms with Gasteiger partial charge in [-0.1, -0.05) is 20.8 Å². The van der Waals surface area contributed by atoms with E-state index in [1.54, 1.807) is 6.20 Å². The molecular formula is C17H28N4O2. The molecule has 0 aromatic carbocycles. The van der Waals surface area contributed by atoms with Crippen LogP contribution in [-0.4, -0.2) is 57.7 Å². The van der Waals surface area contributed by atoms with E-state index in [4.69, 9.17) is 5.11 Å². The molecule has 2 rings (SSSR count). The Balaban J connectivity index is 1.96. The lowest BCUT2D eigenvalue weighted by atomic mass is 9.80. The molecule has 6 nitrogen and oxygen atoms in total. The van der Waals surface area contributed by atoms with E-state index in [2.05, 4.69) is 54.4 Å². The first-order valence-corrected chi connectivity index (χ1v) is 8.14. The molecule has 0 atom stereocenters. The van der Waals surface area contributed by atoms with Gasteiger partial charge in [0.25, 0.3) is 0 Å². The summed E-state index contributed by atoms with van der Waals surface area (Å²) < 4.78 is 0. The highest BCUT2D eigenvalue weighted by molar-refractivity contribution is 5.84. The van der Waals surface area contributed by atoms with E-state index in [0.29, 0.717) is 5.41 Å². The molecule has 1 N–H and O–H groups in total. The lowest BCUT2D eigenvalue weighted by molar-refractivity contribution is 0.0687. The van der Waals surface area contributed by atoms with Crippen LogP contribution in [0.25, 0.3) is 0 Å². The first kappa shape index (κ1) is 17.7. The molecule has 1 aromatic rings. The largest absolute Gasteiger partial charge is 0.476 e. The molecule has 1 fully saturated rings. The molecule has 128 valence electrons. The van der Waals surface area contributed by atoms with Gasteiger partial charge in [-0.25, -0.2) is 14.8 Å². The number of carboxylic acids is 1. The number of carbonyl (C=O) groups is 1. The predicted octanol–water partition coefficient (Wildman–Crippen LogP) is 2.51. The maximum absolute atomic E-state index is 10.8. The fraction of sp³-hybridized carbons (Fsp3) is 0.706. The summed E-state index contributed by atoms with van der Waals surface area (Å²) in [6.07, 6.45) is 4.03. The van der Waals surface area contributed by atoms with Crippen molar-refractivity contribution in [3.63, 3.8) is 0 Å². The third kappa shape index (κ3) is 4.64. The van der Waals surface area contributed by atoms with Gasteiger partial charge in [0.05, 0.1) is 12.4 Å². The summed E-state index contributed by atoms with van der Waals surface area (Å²) in [5.41, 5.74) is 0.459. The second-order valence-corrected chi connectivity index (χ2v) is 8.09. The Labute approximate surface area is 138 Å². The summed E-state index contributed by atoms with van der Waals surface area (Å²) in [7, 11) is 0. The van der Waals surface area contributed by atoms with Crippen LogP contribution in [-0.2, 0) is 0 Å². The highest BCUT2D eigenvalue weighted by Gasteiger charge is 2.33. The molecule has 1 saturated heterocycles. The average molecular weight is 320 g/mol. The maximum atomic E-state index is 10.8. The minimum atomic E-state index is -1.04. The molecule has 1 aliphatic rings. The van der Waals surface area contributed by atoms with E-state index in [1.165, 1.54) is 6.20 Å². The fourth-order valence-electron chi connectivity index (χ4n) is 3.55. The number of piperazine rings is 1. The van der Waals surface area contributed by atoms with Gasteiger partial charge < -0.3 is 10.0 Å². The predicted molar refractivity (Wildman–Crippen MR) is 90.9 cm³/mol. The molecule has 0 radical (unpaired) electrons. The summed E-state index contributed by atoms with van der Waals surface area (Å²) in [4.78, 5) is 23.7. The van der Waals surface area contributed by atoms with E-state index >= 15 is 0 Å². The van der Waals surface area contributed by atoms with Gasteiger partial charge in [-0.15, -0.1) is 0 Å². The zero-order chi connectivity index (χ0) is 17.3. The van der Waals surface area contributed by atoms with Crippen LogP contribution in [0.3, 0.4) is 0 Å². The van der Waals surface area contributed by atoms with Crippen LogP contribution in [0.2, 0.25) is 0 Å². The highest BCUT2D eigenvalue weighted by atomic mass is 16.4. The number of rotatable bonds is 4. The minimum absolute atomic E-state index is 0.0151. The third-order valence-corrected chi connectivity index (χ3v) is 4.28. The lowest BCUT2D eigenvalue weighted by Gasteiger charge is -2.46. The Morgan fingerprint density at radius 2 is 1.70 bits per heavy atom. The van der Waals surface area contributed by atoms with Gasteiger partial charge in [0.1, 0.15) is 5.82 Å². The van der Waals surface area contributed by atoms with Gasteiger partial charge >= 0.3 is 5.97 Å². The zero-order valence-electron chi connectivity index (χ0n) is 14.8. The average Bonchev–Trinajstić information content (AvgIpc) is 2.45. The lowest BCUT2D eigenvalue weighted by Crippen LogP contribution is -2.55. The second-order valence-electron chi connectivity index (χ2n) is 8.09. The second kappa shape index (κ2) is 6.43. The van der Waals surface area contributed by atoms with Crippen molar-refractivity contribution in [2.75, 3.05) is 31.1 Å². The first-order valence-electron chi connectivity index (χ1n) is 8.14. The van der Waals surface area contributed by atoms with Crippen molar-refractivity contribution in [1.82, 2.24) is 14.9 Å². The van der Waals surface area contributed by atoms with Crippen LogP contribution < -0.4 is 4.90 Å². The number of carboxylic acid groups (broad SMARTS) is 1. The summed E-state index contributed by atoms with van der Waals surface area (Å²) in [5.74, 6) is -0.291. The minimum Gasteiger partial charge on any atom is -0.476 e. The standard InChI is InChI=1S/C17H28N4O2/c1-16(2,3)12-17(4,5)21-8-6-20(7-9-21)14-11-18-13(10-19-14)15(22)23/h10-11H,6-9,12H2,1-5H3,(H,22,23). The number of anilines is 1. The summed E-state index contributed by atoms with van der Waals surface area (Å²) in [6, 6.07) is 0. The summed E-state index contributed by atoms with van der Waals surface area (Å²) in [6.45, 7) is 15.2. The van der Waals surface area contributed by atoms with Gasteiger partial charge in [0.2, 0.25) is 0 Å². The van der Waals surface area contributed by atoms with Crippen LogP contribution >= 0.6 is 0 Å². The third-order valence-electron chi connectivity index (χ3n) is 4.28. The Bertz CT molecular complexity index is 541. The number of nitrogens with zero attached hydrogens (tertiary/aromatic N) is 4. The quantitative estimate of drug-likeness (QED) is 0.919. The van der Waals surface area contributed by atoms with Crippen molar-refractivity contribution in [1.29, 1.82) is 0 Å². The highest BCUT2D eigenvalue weighted by Crippen LogP contribution is 2.32. The summed E-state index contributed by atoms with van der Waals surface area (Å²) in [5, 5.41) is 8.88. The zero-order valence-corrected chi connectivity index (χ0v) is 14.8. The SMILES string of the molecule is CC(C)(C)CC(C)(C)N1CCN(c2cnc(C(=O)O)cn2)CC1. The van der Waals surface area contributed by atoms with Crippen LogP contribution in [0.4, 0.5) is 5.82 Å². The molecule has 0 aliphatic carbocycles. The number of hydrogen-bond acceptors (Lipinski definition) is 5. The van der Waals surface area contributed by atoms with Crippen molar-refractivity contribution >= 4 is 11.8 Å². The molecule has 1 aliphatic heterocycles. The molecule has 1 aromatic heterocycles. The number of aromatic nitrogens is 2. The molecule has 2 heterocycles. The van der Waals surface area contributed by atoms with E-state index in [-0.39, 0.29) is 11.2 Å². The van der Waals surface area contributed by atoms with E-state index in [9.17, 15) is 4.79 Å². The van der Waals surface area contributed by atoms with Crippen LogP contribution in [0.15, 0.2) is 12.4 Å². The van der Waals surface area contributed by atoms with E-state index < -0.39 is 5.97 Å². The van der Waals surface area contributed by atoms with Crippen molar-refractivity contribution in [3.05, 3.63) is 18.1 Å². The Kier molecular flexibility index (Phi) is 4.94. The van der Waals surface area contributed by atoms with Gasteiger partial charge in [0, 0.05) is 31.7 Å². The topological polar surface area (TPSA) is 69.6 Å².